The molecule has 0 aromatic heterocycles. The summed E-state index contributed by atoms with van der Waals surface area (Å²) < 4.78 is 0. The van der Waals surface area contributed by atoms with Crippen LogP contribution in [-0.4, -0.2) is 13.1 Å². The van der Waals surface area contributed by atoms with E-state index in [9.17, 15) is 0 Å². The molecule has 4 unspecified atom stereocenters. The van der Waals surface area contributed by atoms with Gasteiger partial charge in [-0.05, 0) is 42.7 Å². The zero-order valence-corrected chi connectivity index (χ0v) is 10.5. The van der Waals surface area contributed by atoms with Crippen molar-refractivity contribution in [3.05, 3.63) is 0 Å². The Balaban J connectivity index is 4.22. The number of rotatable bonds is 6. The molecule has 0 saturated carbocycles. The van der Waals surface area contributed by atoms with Gasteiger partial charge in [-0.25, -0.2) is 0 Å². The summed E-state index contributed by atoms with van der Waals surface area (Å²) in [6.45, 7) is 13.0. The molecule has 0 aliphatic rings. The minimum absolute atomic E-state index is 0.609. The van der Waals surface area contributed by atoms with Crippen molar-refractivity contribution in [1.82, 2.24) is 0 Å². The molecule has 0 rings (SSSR count). The molecule has 0 bridgehead atoms. The Morgan fingerprint density at radius 3 is 1.14 bits per heavy atom. The van der Waals surface area contributed by atoms with Gasteiger partial charge in [-0.2, -0.15) is 0 Å². The van der Waals surface area contributed by atoms with Crippen LogP contribution >= 0.6 is 0 Å². The van der Waals surface area contributed by atoms with Gasteiger partial charge in [0.25, 0.3) is 0 Å². The molecule has 4 N–H and O–H groups in total. The lowest BCUT2D eigenvalue weighted by molar-refractivity contribution is 0.174. The van der Waals surface area contributed by atoms with Gasteiger partial charge in [-0.15, -0.1) is 0 Å². The first-order valence-corrected chi connectivity index (χ1v) is 5.85. The molecule has 2 heteroatoms. The van der Waals surface area contributed by atoms with Gasteiger partial charge in [0, 0.05) is 0 Å². The molecule has 86 valence electrons. The largest absolute Gasteiger partial charge is 0.330 e. The first-order chi connectivity index (χ1) is 6.45. The summed E-state index contributed by atoms with van der Waals surface area (Å²) in [6.07, 6.45) is 0. The summed E-state index contributed by atoms with van der Waals surface area (Å²) >= 11 is 0. The molecule has 14 heavy (non-hydrogen) atoms. The van der Waals surface area contributed by atoms with Crippen LogP contribution in [0.25, 0.3) is 0 Å². The van der Waals surface area contributed by atoms with Crippen LogP contribution < -0.4 is 11.5 Å². The zero-order chi connectivity index (χ0) is 11.3. The summed E-state index contributed by atoms with van der Waals surface area (Å²) in [4.78, 5) is 0. The van der Waals surface area contributed by atoms with Gasteiger partial charge < -0.3 is 11.5 Å². The molecule has 0 aliphatic heterocycles. The normalized spacial score (nSPS) is 22.5. The fourth-order valence-corrected chi connectivity index (χ4v) is 1.94. The Morgan fingerprint density at radius 1 is 0.643 bits per heavy atom. The van der Waals surface area contributed by atoms with E-state index in [1.807, 2.05) is 0 Å². The highest BCUT2D eigenvalue weighted by atomic mass is 14.6. The molecular formula is C12H28N2. The zero-order valence-electron chi connectivity index (χ0n) is 10.5. The second kappa shape index (κ2) is 6.41. The van der Waals surface area contributed by atoms with Crippen LogP contribution in [-0.2, 0) is 0 Å². The minimum atomic E-state index is 0.609. The van der Waals surface area contributed by atoms with Crippen LogP contribution in [0.1, 0.15) is 34.6 Å². The Kier molecular flexibility index (Phi) is 6.38. The fraction of sp³-hybridized carbons (Fsp3) is 1.00. The van der Waals surface area contributed by atoms with Gasteiger partial charge in [0.1, 0.15) is 0 Å². The average molecular weight is 200 g/mol. The predicted molar refractivity (Wildman–Crippen MR) is 63.9 cm³/mol. The van der Waals surface area contributed by atoms with E-state index in [2.05, 4.69) is 34.6 Å². The van der Waals surface area contributed by atoms with E-state index in [1.54, 1.807) is 0 Å². The highest BCUT2D eigenvalue weighted by Crippen LogP contribution is 2.30. The topological polar surface area (TPSA) is 52.0 Å². The Labute approximate surface area is 89.4 Å². The molecule has 0 aromatic carbocycles. The summed E-state index contributed by atoms with van der Waals surface area (Å²) in [5.41, 5.74) is 11.4. The molecule has 0 aliphatic carbocycles. The second-order valence-electron chi connectivity index (χ2n) is 5.00. The third kappa shape index (κ3) is 3.58. The lowest BCUT2D eigenvalue weighted by Crippen LogP contribution is -2.31. The molecule has 4 atom stereocenters. The van der Waals surface area contributed by atoms with Gasteiger partial charge in [-0.1, -0.05) is 34.6 Å². The van der Waals surface area contributed by atoms with Crippen molar-refractivity contribution in [3.63, 3.8) is 0 Å². The van der Waals surface area contributed by atoms with E-state index >= 15 is 0 Å². The first-order valence-electron chi connectivity index (χ1n) is 5.85. The van der Waals surface area contributed by atoms with E-state index in [-0.39, 0.29) is 0 Å². The molecule has 0 spiro atoms. The molecule has 0 fully saturated rings. The predicted octanol–water partition coefficient (Wildman–Crippen LogP) is 2.08. The number of hydrogen-bond acceptors (Lipinski definition) is 2. The van der Waals surface area contributed by atoms with Crippen LogP contribution in [0.4, 0.5) is 0 Å². The van der Waals surface area contributed by atoms with Gasteiger partial charge in [0.05, 0.1) is 0 Å². The summed E-state index contributed by atoms with van der Waals surface area (Å²) in [6, 6.07) is 0. The molecule has 0 amide bonds. The Morgan fingerprint density at radius 2 is 0.929 bits per heavy atom. The Hall–Kier alpha value is -0.0800. The maximum Gasteiger partial charge on any atom is -0.00489 e. The molecule has 2 nitrogen and oxygen atoms in total. The van der Waals surface area contributed by atoms with E-state index in [1.165, 1.54) is 0 Å². The first kappa shape index (κ1) is 13.9. The van der Waals surface area contributed by atoms with Crippen molar-refractivity contribution in [2.75, 3.05) is 13.1 Å². The number of nitrogens with two attached hydrogens (primary N) is 2. The molecule has 0 saturated heterocycles. The van der Waals surface area contributed by atoms with Crippen molar-refractivity contribution in [2.45, 2.75) is 34.6 Å². The molecule has 0 heterocycles. The van der Waals surface area contributed by atoms with Crippen LogP contribution in [0.3, 0.4) is 0 Å². The third-order valence-electron chi connectivity index (χ3n) is 4.20. The fourth-order valence-electron chi connectivity index (χ4n) is 1.94. The quantitative estimate of drug-likeness (QED) is 0.690. The van der Waals surface area contributed by atoms with E-state index < -0.39 is 0 Å². The molecule has 0 radical (unpaired) electrons. The number of hydrogen-bond donors (Lipinski definition) is 2. The van der Waals surface area contributed by atoms with Crippen molar-refractivity contribution in [2.24, 2.45) is 41.1 Å². The Bertz CT molecular complexity index is 131. The second-order valence-corrected chi connectivity index (χ2v) is 5.00. The van der Waals surface area contributed by atoms with Gasteiger partial charge >= 0.3 is 0 Å². The molecule has 0 aromatic rings. The van der Waals surface area contributed by atoms with Crippen LogP contribution in [0.5, 0.6) is 0 Å². The van der Waals surface area contributed by atoms with Crippen molar-refractivity contribution in [3.8, 4) is 0 Å². The van der Waals surface area contributed by atoms with Gasteiger partial charge in [0.2, 0.25) is 0 Å². The maximum absolute atomic E-state index is 5.69. The summed E-state index contributed by atoms with van der Waals surface area (Å²) in [5.74, 6) is 3.29. The van der Waals surface area contributed by atoms with E-state index in [0.29, 0.717) is 29.6 Å². The van der Waals surface area contributed by atoms with Crippen LogP contribution in [0.2, 0.25) is 0 Å². The average Bonchev–Trinajstić information content (AvgIpc) is 2.23. The summed E-state index contributed by atoms with van der Waals surface area (Å²) in [7, 11) is 0. The van der Waals surface area contributed by atoms with Crippen molar-refractivity contribution >= 4 is 0 Å². The molecular weight excluding hydrogens is 172 g/mol. The van der Waals surface area contributed by atoms with Crippen LogP contribution in [0.15, 0.2) is 0 Å². The lowest BCUT2D eigenvalue weighted by Gasteiger charge is -2.33. The highest BCUT2D eigenvalue weighted by molar-refractivity contribution is 4.76. The minimum Gasteiger partial charge on any atom is -0.330 e. The van der Waals surface area contributed by atoms with E-state index in [0.717, 1.165) is 13.1 Å². The standard InChI is InChI=1S/C12H28N2/c1-8(6-13)10(3)12(5)11(4)9(2)7-14/h8-12H,6-7,13-14H2,1-5H3. The van der Waals surface area contributed by atoms with Gasteiger partial charge in [-0.3, -0.25) is 0 Å². The third-order valence-corrected chi connectivity index (χ3v) is 4.20. The van der Waals surface area contributed by atoms with E-state index in [4.69, 9.17) is 11.5 Å². The smallest absolute Gasteiger partial charge is 0.00489 e. The summed E-state index contributed by atoms with van der Waals surface area (Å²) in [5, 5.41) is 0. The van der Waals surface area contributed by atoms with Crippen LogP contribution in [0, 0.1) is 29.6 Å². The SMILES string of the molecule is CC(CN)C(C)C(C)C(C)C(C)CN. The lowest BCUT2D eigenvalue weighted by atomic mass is 9.74. The van der Waals surface area contributed by atoms with Crippen molar-refractivity contribution < 1.29 is 0 Å². The van der Waals surface area contributed by atoms with Crippen molar-refractivity contribution in [1.29, 1.82) is 0 Å². The maximum atomic E-state index is 5.69. The highest BCUT2D eigenvalue weighted by Gasteiger charge is 2.25. The monoisotopic (exact) mass is 200 g/mol. The van der Waals surface area contributed by atoms with Gasteiger partial charge in [0.15, 0.2) is 0 Å².